The van der Waals surface area contributed by atoms with Crippen LogP contribution in [0.5, 0.6) is 5.75 Å². The van der Waals surface area contributed by atoms with Crippen LogP contribution in [0.2, 0.25) is 0 Å². The zero-order chi connectivity index (χ0) is 22.4. The highest BCUT2D eigenvalue weighted by atomic mass is 32.1. The summed E-state index contributed by atoms with van der Waals surface area (Å²) < 4.78 is 32.5. The number of H-pyrrole nitrogens is 1. The van der Waals surface area contributed by atoms with Crippen molar-refractivity contribution in [2.75, 3.05) is 19.5 Å². The number of halogens is 2. The van der Waals surface area contributed by atoms with Crippen LogP contribution < -0.4 is 15.4 Å². The second kappa shape index (κ2) is 10.3. The summed E-state index contributed by atoms with van der Waals surface area (Å²) in [7, 11) is 3.53. The number of hydrogen-bond donors (Lipinski definition) is 4. The first-order chi connectivity index (χ1) is 14.9. The molecule has 7 heteroatoms. The number of fused-ring (bicyclic) bond motifs is 1. The molecule has 31 heavy (non-hydrogen) atoms. The van der Waals surface area contributed by atoms with Crippen LogP contribution >= 0.6 is 12.6 Å². The van der Waals surface area contributed by atoms with Crippen LogP contribution in [0.4, 0.5) is 20.2 Å². The van der Waals surface area contributed by atoms with Gasteiger partial charge in [0.1, 0.15) is 5.75 Å². The number of hydrogen-bond acceptors (Lipinski definition) is 4. The predicted octanol–water partition coefficient (Wildman–Crippen LogP) is 6.20. The smallest absolute Gasteiger partial charge is 0.182 e. The minimum atomic E-state index is -0.859. The van der Waals surface area contributed by atoms with Gasteiger partial charge in [-0.2, -0.15) is 0 Å². The number of nitrogens with one attached hydrogen (secondary N) is 3. The Morgan fingerprint density at radius 3 is 2.52 bits per heavy atom. The Morgan fingerprint density at radius 1 is 1.03 bits per heavy atom. The zero-order valence-corrected chi connectivity index (χ0v) is 18.5. The van der Waals surface area contributed by atoms with E-state index in [1.165, 1.54) is 6.92 Å². The van der Waals surface area contributed by atoms with Gasteiger partial charge in [0.05, 0.1) is 12.8 Å². The normalized spacial score (nSPS) is 10.5. The van der Waals surface area contributed by atoms with Gasteiger partial charge in [-0.3, -0.25) is 0 Å². The molecular formula is C24H25F2N3OS. The van der Waals surface area contributed by atoms with Crippen molar-refractivity contribution in [1.82, 2.24) is 10.3 Å². The van der Waals surface area contributed by atoms with Crippen molar-refractivity contribution in [2.24, 2.45) is 0 Å². The minimum Gasteiger partial charge on any atom is -0.497 e. The first-order valence-electron chi connectivity index (χ1n) is 9.72. The van der Waals surface area contributed by atoms with Crippen LogP contribution in [0.25, 0.3) is 10.9 Å². The largest absolute Gasteiger partial charge is 0.497 e. The molecule has 4 nitrogen and oxygen atoms in total. The Hall–Kier alpha value is -3.03. The molecule has 0 spiro atoms. The highest BCUT2D eigenvalue weighted by molar-refractivity contribution is 7.80. The molecule has 0 unspecified atom stereocenters. The molecule has 0 saturated heterocycles. The summed E-state index contributed by atoms with van der Waals surface area (Å²) in [5, 5.41) is 7.14. The molecule has 0 amide bonds. The van der Waals surface area contributed by atoms with E-state index in [0.717, 1.165) is 33.7 Å². The maximum absolute atomic E-state index is 13.9. The first kappa shape index (κ1) is 22.7. The molecule has 4 aromatic rings. The number of ether oxygens (including phenoxy) is 1. The van der Waals surface area contributed by atoms with Crippen LogP contribution in [-0.2, 0) is 6.54 Å². The van der Waals surface area contributed by atoms with Crippen molar-refractivity contribution in [3.63, 3.8) is 0 Å². The SMILES string of the molecule is CNCc1c[nH]c2cc(Nc3ccc(C)c(F)c3F)ccc12.COc1cccc(S)c1. The topological polar surface area (TPSA) is 49.1 Å². The number of aromatic amines is 1. The van der Waals surface area contributed by atoms with Crippen LogP contribution in [-0.4, -0.2) is 19.1 Å². The Balaban J connectivity index is 0.000000254. The molecule has 0 aliphatic carbocycles. The van der Waals surface area contributed by atoms with E-state index in [1.807, 2.05) is 55.7 Å². The Kier molecular flexibility index (Phi) is 7.55. The molecule has 1 heterocycles. The molecular weight excluding hydrogens is 416 g/mol. The van der Waals surface area contributed by atoms with E-state index >= 15 is 0 Å². The van der Waals surface area contributed by atoms with Crippen molar-refractivity contribution in [3.05, 3.63) is 83.6 Å². The van der Waals surface area contributed by atoms with Crippen molar-refractivity contribution in [2.45, 2.75) is 18.4 Å². The lowest BCUT2D eigenvalue weighted by atomic mass is 10.1. The van der Waals surface area contributed by atoms with Gasteiger partial charge in [-0.15, -0.1) is 12.6 Å². The van der Waals surface area contributed by atoms with Gasteiger partial charge in [0.25, 0.3) is 0 Å². The van der Waals surface area contributed by atoms with E-state index in [2.05, 4.69) is 28.2 Å². The molecule has 4 rings (SSSR count). The molecule has 1 aromatic heterocycles. The van der Waals surface area contributed by atoms with E-state index in [9.17, 15) is 8.78 Å². The van der Waals surface area contributed by atoms with Gasteiger partial charge in [0, 0.05) is 34.2 Å². The standard InChI is InChI=1S/C17H17F2N3.C7H8OS/c1-10-3-6-14(17(19)16(10)18)22-12-4-5-13-11(8-20-2)9-21-15(13)7-12;1-8-6-3-2-4-7(9)5-6/h3-7,9,20-22H,8H2,1-2H3;2-5,9H,1H3. The quantitative estimate of drug-likeness (QED) is 0.279. The summed E-state index contributed by atoms with van der Waals surface area (Å²) in [6.45, 7) is 2.31. The Morgan fingerprint density at radius 2 is 1.84 bits per heavy atom. The summed E-state index contributed by atoms with van der Waals surface area (Å²) in [6.07, 6.45) is 1.94. The average molecular weight is 442 g/mol. The molecule has 0 atom stereocenters. The van der Waals surface area contributed by atoms with Crippen molar-refractivity contribution in [1.29, 1.82) is 0 Å². The fourth-order valence-corrected chi connectivity index (χ4v) is 3.32. The molecule has 0 radical (unpaired) electrons. The van der Waals surface area contributed by atoms with Crippen LogP contribution in [0.15, 0.2) is 65.7 Å². The second-order valence-corrected chi connectivity index (χ2v) is 7.51. The molecule has 3 N–H and O–H groups in total. The van der Waals surface area contributed by atoms with E-state index < -0.39 is 11.6 Å². The first-order valence-corrected chi connectivity index (χ1v) is 10.2. The molecule has 3 aromatic carbocycles. The maximum atomic E-state index is 13.9. The summed E-state index contributed by atoms with van der Waals surface area (Å²) >= 11 is 4.13. The molecule has 0 fully saturated rings. The van der Waals surface area contributed by atoms with Gasteiger partial charge < -0.3 is 20.4 Å². The van der Waals surface area contributed by atoms with Crippen molar-refractivity contribution >= 4 is 34.9 Å². The number of anilines is 2. The number of aryl methyl sites for hydroxylation is 1. The lowest BCUT2D eigenvalue weighted by Gasteiger charge is -2.09. The summed E-state index contributed by atoms with van der Waals surface area (Å²) in [6, 6.07) is 16.4. The highest BCUT2D eigenvalue weighted by Crippen LogP contribution is 2.27. The molecule has 0 bridgehead atoms. The van der Waals surface area contributed by atoms with Crippen LogP contribution in [0.1, 0.15) is 11.1 Å². The molecule has 0 aliphatic heterocycles. The molecule has 162 valence electrons. The maximum Gasteiger partial charge on any atom is 0.182 e. The second-order valence-electron chi connectivity index (χ2n) is 6.99. The minimum absolute atomic E-state index is 0.129. The fraction of sp³-hybridized carbons (Fsp3) is 0.167. The van der Waals surface area contributed by atoms with Crippen LogP contribution in [0, 0.1) is 18.6 Å². The van der Waals surface area contributed by atoms with Crippen molar-refractivity contribution in [3.8, 4) is 5.75 Å². The van der Waals surface area contributed by atoms with E-state index in [4.69, 9.17) is 4.74 Å². The van der Waals surface area contributed by atoms with Gasteiger partial charge in [-0.25, -0.2) is 8.78 Å². The van der Waals surface area contributed by atoms with Crippen molar-refractivity contribution < 1.29 is 13.5 Å². The lowest BCUT2D eigenvalue weighted by Crippen LogP contribution is -2.04. The van der Waals surface area contributed by atoms with Gasteiger partial charge >= 0.3 is 0 Å². The number of benzene rings is 3. The summed E-state index contributed by atoms with van der Waals surface area (Å²) in [4.78, 5) is 4.11. The summed E-state index contributed by atoms with van der Waals surface area (Å²) in [5.74, 6) is -0.827. The molecule has 0 aliphatic rings. The summed E-state index contributed by atoms with van der Waals surface area (Å²) in [5.41, 5.74) is 3.23. The highest BCUT2D eigenvalue weighted by Gasteiger charge is 2.11. The van der Waals surface area contributed by atoms with Gasteiger partial charge in [-0.05, 0) is 61.5 Å². The Labute approximate surface area is 186 Å². The number of thiol groups is 1. The number of rotatable bonds is 5. The third kappa shape index (κ3) is 5.57. The lowest BCUT2D eigenvalue weighted by molar-refractivity contribution is 0.413. The monoisotopic (exact) mass is 441 g/mol. The molecule has 0 saturated carbocycles. The Bertz CT molecular complexity index is 1180. The predicted molar refractivity (Wildman–Crippen MR) is 126 cm³/mol. The number of aromatic nitrogens is 1. The average Bonchev–Trinajstić information content (AvgIpc) is 3.17. The van der Waals surface area contributed by atoms with Gasteiger partial charge in [-0.1, -0.05) is 18.2 Å². The van der Waals surface area contributed by atoms with Gasteiger partial charge in [0.2, 0.25) is 0 Å². The van der Waals surface area contributed by atoms with E-state index in [-0.39, 0.29) is 5.69 Å². The number of methoxy groups -OCH3 is 1. The van der Waals surface area contributed by atoms with E-state index in [1.54, 1.807) is 19.2 Å². The third-order valence-electron chi connectivity index (χ3n) is 4.74. The van der Waals surface area contributed by atoms with Gasteiger partial charge in [0.15, 0.2) is 11.6 Å². The van der Waals surface area contributed by atoms with E-state index in [0.29, 0.717) is 11.3 Å². The zero-order valence-electron chi connectivity index (χ0n) is 17.6. The fourth-order valence-electron chi connectivity index (χ4n) is 3.11. The third-order valence-corrected chi connectivity index (χ3v) is 5.02. The van der Waals surface area contributed by atoms with Crippen LogP contribution in [0.3, 0.4) is 0 Å².